The van der Waals surface area contributed by atoms with Crippen molar-refractivity contribution in [2.75, 3.05) is 12.3 Å². The number of aryl methyl sites for hydroxylation is 1. The molecule has 2 aromatic rings. The van der Waals surface area contributed by atoms with Gasteiger partial charge in [0, 0.05) is 12.1 Å². The van der Waals surface area contributed by atoms with E-state index < -0.39 is 0 Å². The molecule has 0 spiro atoms. The van der Waals surface area contributed by atoms with Gasteiger partial charge in [-0.2, -0.15) is 5.26 Å². The second-order valence-corrected chi connectivity index (χ2v) is 5.32. The zero-order valence-corrected chi connectivity index (χ0v) is 12.4. The SMILES string of the molecule is Cc1ccc(-c2nc(SCC(=O)NCCC#N)n[nH]2)cc1. The second kappa shape index (κ2) is 7.45. The Labute approximate surface area is 127 Å². The minimum Gasteiger partial charge on any atom is -0.354 e. The van der Waals surface area contributed by atoms with Crippen molar-refractivity contribution in [1.82, 2.24) is 20.5 Å². The van der Waals surface area contributed by atoms with Crippen LogP contribution in [0.2, 0.25) is 0 Å². The third-order valence-electron chi connectivity index (χ3n) is 2.68. The molecular weight excluding hydrogens is 286 g/mol. The lowest BCUT2D eigenvalue weighted by molar-refractivity contribution is -0.118. The highest BCUT2D eigenvalue weighted by molar-refractivity contribution is 7.99. The maximum absolute atomic E-state index is 11.5. The Morgan fingerprint density at radius 3 is 2.90 bits per heavy atom. The first kappa shape index (κ1) is 15.1. The molecule has 1 aromatic carbocycles. The Kier molecular flexibility index (Phi) is 5.35. The summed E-state index contributed by atoms with van der Waals surface area (Å²) in [5.41, 5.74) is 2.14. The first-order valence-electron chi connectivity index (χ1n) is 6.45. The third kappa shape index (κ3) is 4.61. The molecule has 0 aliphatic heterocycles. The maximum Gasteiger partial charge on any atom is 0.230 e. The van der Waals surface area contributed by atoms with Gasteiger partial charge in [-0.25, -0.2) is 4.98 Å². The molecule has 0 fully saturated rings. The molecule has 0 bridgehead atoms. The zero-order chi connectivity index (χ0) is 15.1. The van der Waals surface area contributed by atoms with E-state index in [1.165, 1.54) is 17.3 Å². The molecule has 6 nitrogen and oxygen atoms in total. The van der Waals surface area contributed by atoms with E-state index in [0.717, 1.165) is 5.56 Å². The van der Waals surface area contributed by atoms with Gasteiger partial charge >= 0.3 is 0 Å². The quantitative estimate of drug-likeness (QED) is 0.627. The normalized spacial score (nSPS) is 10.1. The molecule has 0 saturated heterocycles. The number of amides is 1. The fraction of sp³-hybridized carbons (Fsp3) is 0.286. The number of carbonyl (C=O) groups is 1. The molecule has 7 heteroatoms. The minimum atomic E-state index is -0.128. The van der Waals surface area contributed by atoms with Gasteiger partial charge in [-0.1, -0.05) is 41.6 Å². The van der Waals surface area contributed by atoms with Gasteiger partial charge in [-0.05, 0) is 6.92 Å². The number of nitrogens with one attached hydrogen (secondary N) is 2. The fourth-order valence-electron chi connectivity index (χ4n) is 1.59. The number of rotatable bonds is 6. The summed E-state index contributed by atoms with van der Waals surface area (Å²) in [6, 6.07) is 9.93. The minimum absolute atomic E-state index is 0.128. The highest BCUT2D eigenvalue weighted by Crippen LogP contribution is 2.19. The van der Waals surface area contributed by atoms with Crippen molar-refractivity contribution in [3.8, 4) is 17.5 Å². The number of hydrogen-bond acceptors (Lipinski definition) is 5. The van der Waals surface area contributed by atoms with Crippen LogP contribution < -0.4 is 5.32 Å². The monoisotopic (exact) mass is 301 g/mol. The number of hydrogen-bond donors (Lipinski definition) is 2. The van der Waals surface area contributed by atoms with E-state index in [9.17, 15) is 4.79 Å². The predicted molar refractivity (Wildman–Crippen MR) is 80.5 cm³/mol. The van der Waals surface area contributed by atoms with Gasteiger partial charge in [-0.15, -0.1) is 5.10 Å². The standard InChI is InChI=1S/C14H15N5OS/c1-10-3-5-11(6-4-10)13-17-14(19-18-13)21-9-12(20)16-8-2-7-15/h3-6H,2,8-9H2,1H3,(H,16,20)(H,17,18,19). The van der Waals surface area contributed by atoms with E-state index in [4.69, 9.17) is 5.26 Å². The topological polar surface area (TPSA) is 94.5 Å². The molecule has 0 aliphatic carbocycles. The summed E-state index contributed by atoms with van der Waals surface area (Å²) in [5.74, 6) is 0.788. The van der Waals surface area contributed by atoms with Crippen LogP contribution in [0.25, 0.3) is 11.4 Å². The van der Waals surface area contributed by atoms with Crippen LogP contribution in [0.5, 0.6) is 0 Å². The van der Waals surface area contributed by atoms with E-state index in [2.05, 4.69) is 20.5 Å². The van der Waals surface area contributed by atoms with Crippen molar-refractivity contribution in [3.63, 3.8) is 0 Å². The first-order chi connectivity index (χ1) is 10.2. The summed E-state index contributed by atoms with van der Waals surface area (Å²) in [6.07, 6.45) is 0.314. The Morgan fingerprint density at radius 2 is 2.19 bits per heavy atom. The summed E-state index contributed by atoms with van der Waals surface area (Å²) in [7, 11) is 0. The highest BCUT2D eigenvalue weighted by atomic mass is 32.2. The fourth-order valence-corrected chi connectivity index (χ4v) is 2.22. The lowest BCUT2D eigenvalue weighted by Gasteiger charge is -1.99. The van der Waals surface area contributed by atoms with E-state index in [0.29, 0.717) is 23.9 Å². The van der Waals surface area contributed by atoms with Gasteiger partial charge in [0.15, 0.2) is 5.82 Å². The van der Waals surface area contributed by atoms with Gasteiger partial charge in [0.25, 0.3) is 0 Å². The van der Waals surface area contributed by atoms with Crippen molar-refractivity contribution in [1.29, 1.82) is 5.26 Å². The average molecular weight is 301 g/mol. The summed E-state index contributed by atoms with van der Waals surface area (Å²) in [6.45, 7) is 2.40. The van der Waals surface area contributed by atoms with E-state index in [1.807, 2.05) is 37.3 Å². The van der Waals surface area contributed by atoms with E-state index >= 15 is 0 Å². The Hall–Kier alpha value is -2.33. The zero-order valence-electron chi connectivity index (χ0n) is 11.6. The van der Waals surface area contributed by atoms with Crippen LogP contribution in [0.4, 0.5) is 0 Å². The molecular formula is C14H15N5OS. The largest absolute Gasteiger partial charge is 0.354 e. The van der Waals surface area contributed by atoms with E-state index in [-0.39, 0.29) is 11.7 Å². The average Bonchev–Trinajstić information content (AvgIpc) is 2.95. The smallest absolute Gasteiger partial charge is 0.230 e. The number of aromatic nitrogens is 3. The lowest BCUT2D eigenvalue weighted by atomic mass is 10.1. The molecule has 0 atom stereocenters. The number of thioether (sulfide) groups is 1. The van der Waals surface area contributed by atoms with Crippen LogP contribution in [0.1, 0.15) is 12.0 Å². The second-order valence-electron chi connectivity index (χ2n) is 4.38. The Bertz CT molecular complexity index is 644. The van der Waals surface area contributed by atoms with Crippen molar-refractivity contribution in [2.24, 2.45) is 0 Å². The first-order valence-corrected chi connectivity index (χ1v) is 7.43. The number of nitrogens with zero attached hydrogens (tertiary/aromatic N) is 3. The van der Waals surface area contributed by atoms with Crippen LogP contribution in [-0.4, -0.2) is 33.4 Å². The molecule has 1 heterocycles. The van der Waals surface area contributed by atoms with Crippen molar-refractivity contribution in [3.05, 3.63) is 29.8 Å². The number of H-pyrrole nitrogens is 1. The van der Waals surface area contributed by atoms with E-state index in [1.54, 1.807) is 0 Å². The van der Waals surface area contributed by atoms with Crippen LogP contribution >= 0.6 is 11.8 Å². The highest BCUT2D eigenvalue weighted by Gasteiger charge is 2.08. The summed E-state index contributed by atoms with van der Waals surface area (Å²) >= 11 is 1.26. The number of carbonyl (C=O) groups excluding carboxylic acids is 1. The maximum atomic E-state index is 11.5. The van der Waals surface area contributed by atoms with Gasteiger partial charge in [0.1, 0.15) is 0 Å². The summed E-state index contributed by atoms with van der Waals surface area (Å²) < 4.78 is 0. The molecule has 1 aromatic heterocycles. The van der Waals surface area contributed by atoms with Crippen LogP contribution in [0.15, 0.2) is 29.4 Å². The Balaban J connectivity index is 1.87. The molecule has 2 rings (SSSR count). The molecule has 0 unspecified atom stereocenters. The lowest BCUT2D eigenvalue weighted by Crippen LogP contribution is -2.25. The molecule has 0 radical (unpaired) electrons. The summed E-state index contributed by atoms with van der Waals surface area (Å²) in [5, 5.41) is 18.5. The molecule has 21 heavy (non-hydrogen) atoms. The van der Waals surface area contributed by atoms with Crippen LogP contribution in [0, 0.1) is 18.3 Å². The van der Waals surface area contributed by atoms with Gasteiger partial charge < -0.3 is 5.32 Å². The van der Waals surface area contributed by atoms with Crippen LogP contribution in [0.3, 0.4) is 0 Å². The van der Waals surface area contributed by atoms with Crippen molar-refractivity contribution >= 4 is 17.7 Å². The number of aromatic amines is 1. The summed E-state index contributed by atoms with van der Waals surface area (Å²) in [4.78, 5) is 15.8. The predicted octanol–water partition coefficient (Wildman–Crippen LogP) is 1.90. The molecule has 108 valence electrons. The van der Waals surface area contributed by atoms with Gasteiger partial charge in [-0.3, -0.25) is 9.89 Å². The number of benzene rings is 1. The third-order valence-corrected chi connectivity index (χ3v) is 3.53. The molecule has 1 amide bonds. The van der Waals surface area contributed by atoms with Gasteiger partial charge in [0.05, 0.1) is 18.2 Å². The Morgan fingerprint density at radius 1 is 1.43 bits per heavy atom. The van der Waals surface area contributed by atoms with Crippen molar-refractivity contribution in [2.45, 2.75) is 18.5 Å². The van der Waals surface area contributed by atoms with Crippen molar-refractivity contribution < 1.29 is 4.79 Å². The van der Waals surface area contributed by atoms with Crippen LogP contribution in [-0.2, 0) is 4.79 Å². The number of nitriles is 1. The van der Waals surface area contributed by atoms with Gasteiger partial charge in [0.2, 0.25) is 11.1 Å². The molecule has 0 saturated carbocycles. The molecule has 0 aliphatic rings. The molecule has 2 N–H and O–H groups in total.